The first-order valence-corrected chi connectivity index (χ1v) is 12.1. The standard InChI is InChI=1S/C26H33ClN4O2.ClH/c1-17-22(28-18(2)24(17)26(33)30-12-6-5-7-13-30)16-21-20-15-19(27)9-10-23(20)31(25(21)32)14-8-11-29(3)4;/h9-10,15-16,28H,5-8,11-14H2,1-4H3;1H/b21-16-;. The zero-order valence-electron chi connectivity index (χ0n) is 20.4. The lowest BCUT2D eigenvalue weighted by Gasteiger charge is -2.27. The second kappa shape index (κ2) is 11.0. The van der Waals surface area contributed by atoms with Gasteiger partial charge in [-0.2, -0.15) is 0 Å². The highest BCUT2D eigenvalue weighted by atomic mass is 35.5. The molecule has 2 amide bonds. The summed E-state index contributed by atoms with van der Waals surface area (Å²) in [5.41, 5.74) is 5.60. The Morgan fingerprint density at radius 2 is 1.88 bits per heavy atom. The summed E-state index contributed by atoms with van der Waals surface area (Å²) in [7, 11) is 4.06. The van der Waals surface area contributed by atoms with Crippen molar-refractivity contribution < 1.29 is 9.59 Å². The number of aromatic nitrogens is 1. The summed E-state index contributed by atoms with van der Waals surface area (Å²) in [6.07, 6.45) is 6.06. The molecule has 0 radical (unpaired) electrons. The van der Waals surface area contributed by atoms with E-state index in [1.807, 2.05) is 62.0 Å². The van der Waals surface area contributed by atoms with Crippen molar-refractivity contribution in [2.75, 3.05) is 45.2 Å². The van der Waals surface area contributed by atoms with Gasteiger partial charge in [-0.3, -0.25) is 9.59 Å². The van der Waals surface area contributed by atoms with Crippen LogP contribution in [-0.2, 0) is 4.79 Å². The second-order valence-corrected chi connectivity index (χ2v) is 9.79. The van der Waals surface area contributed by atoms with E-state index in [1.165, 1.54) is 6.42 Å². The Bertz CT molecular complexity index is 1100. The van der Waals surface area contributed by atoms with Gasteiger partial charge in [0.15, 0.2) is 0 Å². The van der Waals surface area contributed by atoms with Gasteiger partial charge in [0, 0.05) is 41.6 Å². The highest BCUT2D eigenvalue weighted by Gasteiger charge is 2.33. The maximum atomic E-state index is 13.4. The van der Waals surface area contributed by atoms with Gasteiger partial charge in [-0.15, -0.1) is 12.4 Å². The number of benzene rings is 1. The molecule has 8 heteroatoms. The Kier molecular flexibility index (Phi) is 8.50. The minimum atomic E-state index is -0.0263. The summed E-state index contributed by atoms with van der Waals surface area (Å²) >= 11 is 6.30. The summed E-state index contributed by atoms with van der Waals surface area (Å²) in [6, 6.07) is 5.61. The zero-order chi connectivity index (χ0) is 23.7. The lowest BCUT2D eigenvalue weighted by atomic mass is 10.0. The van der Waals surface area contributed by atoms with Crippen LogP contribution in [0.15, 0.2) is 18.2 Å². The van der Waals surface area contributed by atoms with Gasteiger partial charge in [-0.05, 0) is 90.0 Å². The van der Waals surface area contributed by atoms with Gasteiger partial charge >= 0.3 is 0 Å². The van der Waals surface area contributed by atoms with E-state index in [2.05, 4.69) is 9.88 Å². The fraction of sp³-hybridized carbons (Fsp3) is 0.462. The molecule has 2 aliphatic heterocycles. The van der Waals surface area contributed by atoms with E-state index < -0.39 is 0 Å². The molecule has 1 saturated heterocycles. The molecular weight excluding hydrogens is 471 g/mol. The van der Waals surface area contributed by atoms with Crippen LogP contribution in [0.25, 0.3) is 11.6 Å². The van der Waals surface area contributed by atoms with Crippen molar-refractivity contribution in [3.05, 3.63) is 51.3 Å². The molecule has 2 aromatic rings. The SMILES string of the molecule is Cc1[nH]c(/C=C2\C(=O)N(CCCN(C)C)c3ccc(Cl)cc32)c(C)c1C(=O)N1CCCCC1.Cl. The van der Waals surface area contributed by atoms with Gasteiger partial charge in [0.25, 0.3) is 11.8 Å². The van der Waals surface area contributed by atoms with Gasteiger partial charge in [-0.1, -0.05) is 11.6 Å². The van der Waals surface area contributed by atoms with Crippen LogP contribution in [0.4, 0.5) is 5.69 Å². The molecule has 34 heavy (non-hydrogen) atoms. The van der Waals surface area contributed by atoms with Crippen molar-refractivity contribution in [3.8, 4) is 0 Å². The summed E-state index contributed by atoms with van der Waals surface area (Å²) < 4.78 is 0. The minimum absolute atomic E-state index is 0. The number of aromatic amines is 1. The Balaban J connectivity index is 0.00000324. The minimum Gasteiger partial charge on any atom is -0.358 e. The van der Waals surface area contributed by atoms with Crippen LogP contribution < -0.4 is 4.90 Å². The molecule has 0 saturated carbocycles. The summed E-state index contributed by atoms with van der Waals surface area (Å²) in [4.78, 5) is 35.9. The van der Waals surface area contributed by atoms with Crippen LogP contribution in [0.3, 0.4) is 0 Å². The summed E-state index contributed by atoms with van der Waals surface area (Å²) in [6.45, 7) is 7.06. The zero-order valence-corrected chi connectivity index (χ0v) is 22.0. The van der Waals surface area contributed by atoms with E-state index in [4.69, 9.17) is 11.6 Å². The molecule has 1 aromatic heterocycles. The normalized spacial score (nSPS) is 16.9. The number of nitrogens with one attached hydrogen (secondary N) is 1. The predicted octanol–water partition coefficient (Wildman–Crippen LogP) is 5.17. The number of rotatable bonds is 6. The van der Waals surface area contributed by atoms with E-state index in [1.54, 1.807) is 0 Å². The molecule has 0 atom stereocenters. The molecular formula is C26H34Cl2N4O2. The number of piperidine rings is 1. The highest BCUT2D eigenvalue weighted by Crippen LogP contribution is 2.40. The first-order valence-electron chi connectivity index (χ1n) is 11.7. The highest BCUT2D eigenvalue weighted by molar-refractivity contribution is 6.37. The van der Waals surface area contributed by atoms with Gasteiger partial charge in [0.2, 0.25) is 0 Å². The molecule has 0 bridgehead atoms. The number of fused-ring (bicyclic) bond motifs is 1. The van der Waals surface area contributed by atoms with E-state index >= 15 is 0 Å². The lowest BCUT2D eigenvalue weighted by molar-refractivity contribution is -0.113. The monoisotopic (exact) mass is 504 g/mol. The van der Waals surface area contributed by atoms with Crippen LogP contribution in [-0.4, -0.2) is 66.9 Å². The predicted molar refractivity (Wildman–Crippen MR) is 142 cm³/mol. The van der Waals surface area contributed by atoms with Crippen molar-refractivity contribution in [2.45, 2.75) is 39.5 Å². The van der Waals surface area contributed by atoms with Crippen molar-refractivity contribution in [2.24, 2.45) is 0 Å². The molecule has 1 N–H and O–H groups in total. The third-order valence-electron chi connectivity index (χ3n) is 6.62. The molecule has 0 spiro atoms. The van der Waals surface area contributed by atoms with Gasteiger partial charge in [-0.25, -0.2) is 0 Å². The fourth-order valence-electron chi connectivity index (χ4n) is 4.87. The van der Waals surface area contributed by atoms with E-state index in [0.29, 0.717) is 17.1 Å². The quantitative estimate of drug-likeness (QED) is 0.551. The molecule has 184 valence electrons. The summed E-state index contributed by atoms with van der Waals surface area (Å²) in [5.74, 6) is 0.0543. The number of hydrogen-bond donors (Lipinski definition) is 1. The number of halogens is 2. The number of carbonyl (C=O) groups is 2. The Hall–Kier alpha value is -2.28. The van der Waals surface area contributed by atoms with Crippen LogP contribution in [0, 0.1) is 13.8 Å². The van der Waals surface area contributed by atoms with Crippen molar-refractivity contribution >= 4 is 53.2 Å². The number of hydrogen-bond acceptors (Lipinski definition) is 3. The van der Waals surface area contributed by atoms with Crippen LogP contribution in [0.1, 0.15) is 58.6 Å². The molecule has 4 rings (SSSR count). The number of H-pyrrole nitrogens is 1. The number of aryl methyl sites for hydroxylation is 1. The molecule has 3 heterocycles. The third kappa shape index (κ3) is 5.19. The molecule has 0 aliphatic carbocycles. The van der Waals surface area contributed by atoms with Gasteiger partial charge in [0.1, 0.15) is 0 Å². The first-order chi connectivity index (χ1) is 15.8. The molecule has 0 unspecified atom stereocenters. The average molecular weight is 505 g/mol. The number of anilines is 1. The van der Waals surface area contributed by atoms with E-state index in [0.717, 1.165) is 72.7 Å². The second-order valence-electron chi connectivity index (χ2n) is 9.35. The third-order valence-corrected chi connectivity index (χ3v) is 6.86. The van der Waals surface area contributed by atoms with E-state index in [-0.39, 0.29) is 24.2 Å². The lowest BCUT2D eigenvalue weighted by Crippen LogP contribution is -2.36. The van der Waals surface area contributed by atoms with Crippen LogP contribution in [0.2, 0.25) is 5.02 Å². The van der Waals surface area contributed by atoms with Crippen molar-refractivity contribution in [1.82, 2.24) is 14.8 Å². The van der Waals surface area contributed by atoms with Gasteiger partial charge < -0.3 is 19.7 Å². The molecule has 2 aliphatic rings. The largest absolute Gasteiger partial charge is 0.358 e. The Morgan fingerprint density at radius 3 is 2.56 bits per heavy atom. The maximum absolute atomic E-state index is 13.4. The Morgan fingerprint density at radius 1 is 1.18 bits per heavy atom. The first kappa shape index (κ1) is 26.3. The van der Waals surface area contributed by atoms with Crippen molar-refractivity contribution in [1.29, 1.82) is 0 Å². The van der Waals surface area contributed by atoms with Crippen molar-refractivity contribution in [3.63, 3.8) is 0 Å². The van der Waals surface area contributed by atoms with Gasteiger partial charge in [0.05, 0.1) is 16.8 Å². The number of carbonyl (C=O) groups excluding carboxylic acids is 2. The number of amides is 2. The topological polar surface area (TPSA) is 59.7 Å². The molecule has 1 fully saturated rings. The number of likely N-dealkylation sites (tertiary alicyclic amines) is 1. The smallest absolute Gasteiger partial charge is 0.259 e. The Labute approximate surface area is 213 Å². The maximum Gasteiger partial charge on any atom is 0.259 e. The van der Waals surface area contributed by atoms with E-state index in [9.17, 15) is 9.59 Å². The fourth-order valence-corrected chi connectivity index (χ4v) is 5.05. The number of nitrogens with zero attached hydrogens (tertiary/aromatic N) is 3. The van der Waals surface area contributed by atoms with Crippen LogP contribution in [0.5, 0.6) is 0 Å². The average Bonchev–Trinajstić information content (AvgIpc) is 3.21. The molecule has 6 nitrogen and oxygen atoms in total. The summed E-state index contributed by atoms with van der Waals surface area (Å²) in [5, 5.41) is 0.600. The molecule has 1 aromatic carbocycles. The van der Waals surface area contributed by atoms with Crippen LogP contribution >= 0.6 is 24.0 Å².